The Labute approximate surface area is 295 Å². The predicted molar refractivity (Wildman–Crippen MR) is 175 cm³/mol. The molecule has 0 radical (unpaired) electrons. The van der Waals surface area contributed by atoms with Crippen molar-refractivity contribution >= 4 is 23.5 Å². The van der Waals surface area contributed by atoms with E-state index < -0.39 is 69.7 Å². The Hall–Kier alpha value is -3.56. The van der Waals surface area contributed by atoms with Crippen molar-refractivity contribution in [3.8, 4) is 22.6 Å². The van der Waals surface area contributed by atoms with Crippen molar-refractivity contribution in [3.63, 3.8) is 0 Å². The number of rotatable bonds is 14. The van der Waals surface area contributed by atoms with E-state index in [1.54, 1.807) is 23.5 Å². The molecule has 1 aliphatic heterocycles. The molecule has 0 amide bonds. The second-order valence-electron chi connectivity index (χ2n) is 11.7. The monoisotopic (exact) mass is 764 g/mol. The molecular weight excluding hydrogens is 735 g/mol. The molecule has 0 unspecified atom stereocenters. The van der Waals surface area contributed by atoms with Crippen LogP contribution in [0.2, 0.25) is 0 Å². The van der Waals surface area contributed by atoms with Gasteiger partial charge in [-0.2, -0.15) is 17.6 Å². The van der Waals surface area contributed by atoms with E-state index in [-0.39, 0.29) is 27.8 Å². The van der Waals surface area contributed by atoms with Crippen molar-refractivity contribution in [3.05, 3.63) is 118 Å². The average Bonchev–Trinajstić information content (AvgIpc) is 3.06. The molecule has 1 fully saturated rings. The van der Waals surface area contributed by atoms with E-state index in [1.165, 1.54) is 6.07 Å². The Morgan fingerprint density at radius 2 is 1.25 bits per heavy atom. The summed E-state index contributed by atoms with van der Waals surface area (Å²) in [5.41, 5.74) is -2.68. The highest BCUT2D eigenvalue weighted by Crippen LogP contribution is 2.46. The molecule has 15 heteroatoms. The summed E-state index contributed by atoms with van der Waals surface area (Å²) in [7, 11) is 0. The van der Waals surface area contributed by atoms with Gasteiger partial charge < -0.3 is 14.2 Å². The van der Waals surface area contributed by atoms with E-state index >= 15 is 13.2 Å². The van der Waals surface area contributed by atoms with Gasteiger partial charge in [-0.15, -0.1) is 23.5 Å². The molecule has 3 nitrogen and oxygen atoms in total. The highest BCUT2D eigenvalue weighted by atomic mass is 32.2. The Balaban J connectivity index is 1.22. The van der Waals surface area contributed by atoms with Gasteiger partial charge in [0.05, 0.1) is 16.8 Å². The van der Waals surface area contributed by atoms with Crippen LogP contribution in [0.4, 0.5) is 43.9 Å². The van der Waals surface area contributed by atoms with E-state index in [4.69, 9.17) is 9.47 Å². The van der Waals surface area contributed by atoms with Crippen molar-refractivity contribution in [2.75, 3.05) is 24.7 Å². The van der Waals surface area contributed by atoms with Gasteiger partial charge in [0.1, 0.15) is 34.5 Å². The number of unbranched alkanes of at least 4 members (excludes halogenated alkanes) is 2. The Kier molecular flexibility index (Phi) is 12.4. The molecule has 4 aromatic rings. The minimum atomic E-state index is -4.79. The van der Waals surface area contributed by atoms with Crippen molar-refractivity contribution in [2.45, 2.75) is 43.0 Å². The van der Waals surface area contributed by atoms with Gasteiger partial charge in [-0.1, -0.05) is 38.0 Å². The third kappa shape index (κ3) is 9.46. The Morgan fingerprint density at radius 1 is 0.647 bits per heavy atom. The van der Waals surface area contributed by atoms with Gasteiger partial charge in [0.15, 0.2) is 17.5 Å². The Bertz CT molecular complexity index is 1770. The van der Waals surface area contributed by atoms with Crippen LogP contribution < -0.4 is 9.47 Å². The number of alkyl halides is 4. The minimum absolute atomic E-state index is 0.00904. The molecule has 0 N–H and O–H groups in total. The van der Waals surface area contributed by atoms with Crippen LogP contribution >= 0.6 is 23.5 Å². The average molecular weight is 765 g/mol. The highest BCUT2D eigenvalue weighted by Gasteiger charge is 2.42. The first-order chi connectivity index (χ1) is 24.2. The summed E-state index contributed by atoms with van der Waals surface area (Å²) in [5.74, 6) is -10.3. The number of thioether (sulfide) groups is 2. The van der Waals surface area contributed by atoms with Gasteiger partial charge in [0.2, 0.25) is 0 Å². The first-order valence-electron chi connectivity index (χ1n) is 15.7. The van der Waals surface area contributed by atoms with Crippen LogP contribution in [-0.2, 0) is 17.0 Å². The summed E-state index contributed by atoms with van der Waals surface area (Å²) in [5, 5.41) is 0. The van der Waals surface area contributed by atoms with E-state index in [0.717, 1.165) is 67.2 Å². The van der Waals surface area contributed by atoms with Gasteiger partial charge in [0, 0.05) is 36.2 Å². The molecule has 1 heterocycles. The summed E-state index contributed by atoms with van der Waals surface area (Å²) in [4.78, 5) is 0. The van der Waals surface area contributed by atoms with E-state index in [2.05, 4.69) is 11.7 Å². The van der Waals surface area contributed by atoms with Crippen molar-refractivity contribution in [1.82, 2.24) is 0 Å². The predicted octanol–water partition coefficient (Wildman–Crippen LogP) is 11.7. The van der Waals surface area contributed by atoms with E-state index in [0.29, 0.717) is 36.8 Å². The zero-order chi connectivity index (χ0) is 36.9. The lowest BCUT2D eigenvalue weighted by molar-refractivity contribution is -0.190. The quantitative estimate of drug-likeness (QED) is 0.0724. The van der Waals surface area contributed by atoms with Crippen LogP contribution in [0.25, 0.3) is 11.1 Å². The highest BCUT2D eigenvalue weighted by molar-refractivity contribution is 8.16. The third-order valence-electron chi connectivity index (χ3n) is 7.76. The van der Waals surface area contributed by atoms with Crippen LogP contribution in [0.3, 0.4) is 0 Å². The van der Waals surface area contributed by atoms with Crippen LogP contribution in [0, 0.1) is 40.8 Å². The first kappa shape index (κ1) is 38.7. The molecule has 0 bridgehead atoms. The lowest BCUT2D eigenvalue weighted by Crippen LogP contribution is -2.25. The van der Waals surface area contributed by atoms with Crippen molar-refractivity contribution in [1.29, 1.82) is 0 Å². The SMILES string of the molecule is CCCCCOCC1CSC(c2ccc(C(F)(F)Oc3ccc(-c4cc(F)c(C(F)(F)Oc5cc(F)c(F)c(F)c5)c(F)c4)cc3)c(F)c2)SC1. The molecule has 274 valence electrons. The maximum Gasteiger partial charge on any atom is 0.432 e. The van der Waals surface area contributed by atoms with Crippen LogP contribution in [0.15, 0.2) is 66.7 Å². The molecule has 0 atom stereocenters. The summed E-state index contributed by atoms with van der Waals surface area (Å²) < 4.78 is 159. The first-order valence-corrected chi connectivity index (χ1v) is 17.8. The fraction of sp³-hybridized carbons (Fsp3) is 0.333. The lowest BCUT2D eigenvalue weighted by atomic mass is 10.0. The maximum atomic E-state index is 15.1. The third-order valence-corrected chi connectivity index (χ3v) is 11.1. The van der Waals surface area contributed by atoms with Gasteiger partial charge >= 0.3 is 12.2 Å². The summed E-state index contributed by atoms with van der Waals surface area (Å²) in [6.07, 6.45) is -5.67. The van der Waals surface area contributed by atoms with Crippen LogP contribution in [0.1, 0.15) is 47.5 Å². The fourth-order valence-electron chi connectivity index (χ4n) is 5.18. The number of ether oxygens (including phenoxy) is 3. The van der Waals surface area contributed by atoms with E-state index in [1.807, 2.05) is 0 Å². The molecule has 0 aromatic heterocycles. The number of hydrogen-bond donors (Lipinski definition) is 0. The van der Waals surface area contributed by atoms with Crippen molar-refractivity contribution < 1.29 is 58.1 Å². The standard InChI is InChI=1S/C36H30F10O3S2/c1-2-3-4-11-47-17-20-18-50-34(51-19-20)22-7-10-26(27(37)12-22)35(43,44)48-24-8-5-21(6-9-24)23-13-28(38)32(29(39)14-23)36(45,46)49-25-15-30(40)33(42)31(41)16-25/h5-10,12-16,20,34H,2-4,11,17-19H2,1H3. The number of benzene rings is 4. The zero-order valence-electron chi connectivity index (χ0n) is 26.8. The second kappa shape index (κ2) is 16.4. The van der Waals surface area contributed by atoms with Gasteiger partial charge in [-0.3, -0.25) is 0 Å². The smallest absolute Gasteiger partial charge is 0.429 e. The number of halogens is 10. The molecule has 0 spiro atoms. The molecule has 1 saturated heterocycles. The minimum Gasteiger partial charge on any atom is -0.429 e. The van der Waals surface area contributed by atoms with E-state index in [9.17, 15) is 30.7 Å². The summed E-state index contributed by atoms with van der Waals surface area (Å²) in [6, 6.07) is 8.80. The maximum absolute atomic E-state index is 15.1. The topological polar surface area (TPSA) is 27.7 Å². The molecule has 51 heavy (non-hydrogen) atoms. The van der Waals surface area contributed by atoms with Gasteiger partial charge in [0.25, 0.3) is 0 Å². The van der Waals surface area contributed by atoms with Gasteiger partial charge in [-0.05, 0) is 59.5 Å². The fourth-order valence-corrected chi connectivity index (χ4v) is 8.18. The largest absolute Gasteiger partial charge is 0.432 e. The normalized spacial score (nSPS) is 16.7. The second-order valence-corrected chi connectivity index (χ2v) is 14.2. The van der Waals surface area contributed by atoms with Crippen molar-refractivity contribution in [2.24, 2.45) is 5.92 Å². The van der Waals surface area contributed by atoms with Crippen LogP contribution in [0.5, 0.6) is 11.5 Å². The molecule has 0 saturated carbocycles. The summed E-state index contributed by atoms with van der Waals surface area (Å²) in [6.45, 7) is 3.46. The Morgan fingerprint density at radius 3 is 1.84 bits per heavy atom. The lowest BCUT2D eigenvalue weighted by Gasteiger charge is -2.28. The molecular formula is C36H30F10O3S2. The number of hydrogen-bond acceptors (Lipinski definition) is 5. The zero-order valence-corrected chi connectivity index (χ0v) is 28.4. The van der Waals surface area contributed by atoms with Gasteiger partial charge in [-0.25, -0.2) is 26.3 Å². The molecule has 4 aromatic carbocycles. The molecule has 0 aliphatic carbocycles. The molecule has 1 aliphatic rings. The molecule has 5 rings (SSSR count). The van der Waals surface area contributed by atoms with Crippen LogP contribution in [-0.4, -0.2) is 24.7 Å². The summed E-state index contributed by atoms with van der Waals surface area (Å²) >= 11 is 3.19.